The van der Waals surface area contributed by atoms with Crippen molar-refractivity contribution in [3.05, 3.63) is 71.7 Å². The third kappa shape index (κ3) is 5.85. The second-order valence-electron chi connectivity index (χ2n) is 7.93. The van der Waals surface area contributed by atoms with Crippen LogP contribution in [0.25, 0.3) is 0 Å². The SMILES string of the molecule is C=C(NCc1ccc(CCc2ccc(N(C)C)cc2)nc1)C1CCCCC1. The molecule has 3 nitrogen and oxygen atoms in total. The Morgan fingerprint density at radius 3 is 2.33 bits per heavy atom. The van der Waals surface area contributed by atoms with Crippen molar-refractivity contribution in [2.24, 2.45) is 5.92 Å². The summed E-state index contributed by atoms with van der Waals surface area (Å²) in [6, 6.07) is 13.1. The van der Waals surface area contributed by atoms with Crippen molar-refractivity contribution in [1.29, 1.82) is 0 Å². The van der Waals surface area contributed by atoms with Gasteiger partial charge in [0.1, 0.15) is 0 Å². The van der Waals surface area contributed by atoms with E-state index in [4.69, 9.17) is 0 Å². The molecule has 1 saturated carbocycles. The first-order chi connectivity index (χ1) is 13.1. The topological polar surface area (TPSA) is 28.2 Å². The van der Waals surface area contributed by atoms with E-state index in [0.717, 1.165) is 25.1 Å². The highest BCUT2D eigenvalue weighted by Crippen LogP contribution is 2.27. The Morgan fingerprint density at radius 1 is 1.00 bits per heavy atom. The lowest BCUT2D eigenvalue weighted by molar-refractivity contribution is 0.386. The van der Waals surface area contributed by atoms with E-state index in [1.54, 1.807) is 0 Å². The number of aromatic nitrogens is 1. The van der Waals surface area contributed by atoms with Gasteiger partial charge in [0.05, 0.1) is 0 Å². The van der Waals surface area contributed by atoms with Gasteiger partial charge >= 0.3 is 0 Å². The molecular weight excluding hydrogens is 330 g/mol. The van der Waals surface area contributed by atoms with Gasteiger partial charge in [-0.05, 0) is 60.9 Å². The minimum Gasteiger partial charge on any atom is -0.384 e. The summed E-state index contributed by atoms with van der Waals surface area (Å²) in [6.45, 7) is 5.08. The third-order valence-electron chi connectivity index (χ3n) is 5.63. The highest BCUT2D eigenvalue weighted by Gasteiger charge is 2.16. The molecule has 1 aliphatic rings. The number of pyridine rings is 1. The van der Waals surface area contributed by atoms with Crippen molar-refractivity contribution in [3.63, 3.8) is 0 Å². The zero-order chi connectivity index (χ0) is 19.1. The van der Waals surface area contributed by atoms with Crippen LogP contribution in [0.2, 0.25) is 0 Å². The van der Waals surface area contributed by atoms with E-state index in [1.165, 1.54) is 54.6 Å². The summed E-state index contributed by atoms with van der Waals surface area (Å²) in [6.07, 6.45) is 10.7. The number of aryl methyl sites for hydroxylation is 2. The van der Waals surface area contributed by atoms with Crippen molar-refractivity contribution in [1.82, 2.24) is 10.3 Å². The lowest BCUT2D eigenvalue weighted by Gasteiger charge is -2.24. The van der Waals surface area contributed by atoms with Gasteiger partial charge in [-0.25, -0.2) is 0 Å². The third-order valence-corrected chi connectivity index (χ3v) is 5.63. The Labute approximate surface area is 164 Å². The van der Waals surface area contributed by atoms with Gasteiger partial charge in [0, 0.05) is 43.9 Å². The van der Waals surface area contributed by atoms with Gasteiger partial charge in [0.2, 0.25) is 0 Å². The summed E-state index contributed by atoms with van der Waals surface area (Å²) in [5.41, 5.74) is 6.19. The zero-order valence-corrected chi connectivity index (χ0v) is 16.9. The summed E-state index contributed by atoms with van der Waals surface area (Å²) < 4.78 is 0. The molecule has 0 radical (unpaired) electrons. The van der Waals surface area contributed by atoms with Crippen LogP contribution in [0.1, 0.15) is 48.9 Å². The van der Waals surface area contributed by atoms with E-state index in [-0.39, 0.29) is 0 Å². The molecule has 144 valence electrons. The fourth-order valence-electron chi connectivity index (χ4n) is 3.75. The molecule has 3 rings (SSSR count). The van der Waals surface area contributed by atoms with Crippen molar-refractivity contribution in [3.8, 4) is 0 Å². The first-order valence-corrected chi connectivity index (χ1v) is 10.2. The Balaban J connectivity index is 1.44. The first-order valence-electron chi connectivity index (χ1n) is 10.2. The maximum atomic E-state index is 4.65. The number of nitrogens with zero attached hydrogens (tertiary/aromatic N) is 2. The van der Waals surface area contributed by atoms with Gasteiger partial charge in [-0.1, -0.05) is 44.0 Å². The normalized spacial score (nSPS) is 14.7. The van der Waals surface area contributed by atoms with Crippen LogP contribution in [0.15, 0.2) is 54.9 Å². The van der Waals surface area contributed by atoms with Crippen LogP contribution in [0.3, 0.4) is 0 Å². The van der Waals surface area contributed by atoms with E-state index in [1.807, 2.05) is 6.20 Å². The molecule has 1 heterocycles. The van der Waals surface area contributed by atoms with Crippen LogP contribution in [-0.4, -0.2) is 19.1 Å². The number of allylic oxidation sites excluding steroid dienone is 1. The highest BCUT2D eigenvalue weighted by atomic mass is 15.1. The predicted octanol–water partition coefficient (Wildman–Crippen LogP) is 5.12. The Hall–Kier alpha value is -2.29. The molecule has 1 N–H and O–H groups in total. The maximum absolute atomic E-state index is 4.65. The van der Waals surface area contributed by atoms with Gasteiger partial charge in [-0.2, -0.15) is 0 Å². The molecule has 3 heteroatoms. The molecule has 0 unspecified atom stereocenters. The fourth-order valence-corrected chi connectivity index (χ4v) is 3.75. The van der Waals surface area contributed by atoms with Crippen molar-refractivity contribution >= 4 is 5.69 Å². The standard InChI is InChI=1S/C24H33N3/c1-19(22-7-5-4-6-8-22)25-17-21-10-14-23(26-18-21)13-9-20-11-15-24(16-12-20)27(2)3/h10-12,14-16,18,22,25H,1,4-9,13,17H2,2-3H3. The van der Waals surface area contributed by atoms with E-state index in [9.17, 15) is 0 Å². The number of benzene rings is 1. The van der Waals surface area contributed by atoms with Gasteiger partial charge in [0.15, 0.2) is 0 Å². The predicted molar refractivity (Wildman–Crippen MR) is 115 cm³/mol. The second kappa shape index (κ2) is 9.59. The molecule has 0 amide bonds. The second-order valence-corrected chi connectivity index (χ2v) is 7.93. The molecule has 0 atom stereocenters. The van der Waals surface area contributed by atoms with Crippen molar-refractivity contribution in [2.45, 2.75) is 51.5 Å². The van der Waals surface area contributed by atoms with Crippen molar-refractivity contribution < 1.29 is 0 Å². The smallest absolute Gasteiger partial charge is 0.0412 e. The largest absolute Gasteiger partial charge is 0.384 e. The summed E-state index contributed by atoms with van der Waals surface area (Å²) in [5.74, 6) is 0.657. The summed E-state index contributed by atoms with van der Waals surface area (Å²) >= 11 is 0. The van der Waals surface area contributed by atoms with Crippen LogP contribution in [0.4, 0.5) is 5.69 Å². The average molecular weight is 364 g/mol. The maximum Gasteiger partial charge on any atom is 0.0412 e. The molecular formula is C24H33N3. The molecule has 1 aliphatic carbocycles. The quantitative estimate of drug-likeness (QED) is 0.706. The van der Waals surface area contributed by atoms with Crippen LogP contribution < -0.4 is 10.2 Å². The number of hydrogen-bond donors (Lipinski definition) is 1. The van der Waals surface area contributed by atoms with Crippen LogP contribution in [0.5, 0.6) is 0 Å². The van der Waals surface area contributed by atoms with E-state index in [0.29, 0.717) is 5.92 Å². The highest BCUT2D eigenvalue weighted by molar-refractivity contribution is 5.46. The lowest BCUT2D eigenvalue weighted by atomic mass is 9.87. The van der Waals surface area contributed by atoms with Crippen LogP contribution in [0, 0.1) is 5.92 Å². The van der Waals surface area contributed by atoms with Gasteiger partial charge in [-0.3, -0.25) is 4.98 Å². The number of anilines is 1. The summed E-state index contributed by atoms with van der Waals surface area (Å²) in [4.78, 5) is 6.78. The molecule has 1 fully saturated rings. The minimum absolute atomic E-state index is 0.657. The Bertz CT molecular complexity index is 710. The summed E-state index contributed by atoms with van der Waals surface area (Å²) in [7, 11) is 4.14. The molecule has 1 aromatic carbocycles. The molecule has 0 bridgehead atoms. The molecule has 0 aliphatic heterocycles. The van der Waals surface area contributed by atoms with Crippen LogP contribution >= 0.6 is 0 Å². The first kappa shape index (κ1) is 19.5. The van der Waals surface area contributed by atoms with Gasteiger partial charge in [-0.15, -0.1) is 0 Å². The Morgan fingerprint density at radius 2 is 1.70 bits per heavy atom. The fraction of sp³-hybridized carbons (Fsp3) is 0.458. The average Bonchev–Trinajstić information content (AvgIpc) is 2.72. The zero-order valence-electron chi connectivity index (χ0n) is 16.9. The van der Waals surface area contributed by atoms with E-state index in [2.05, 4.69) is 72.3 Å². The van der Waals surface area contributed by atoms with Gasteiger partial charge in [0.25, 0.3) is 0 Å². The number of nitrogens with one attached hydrogen (secondary N) is 1. The molecule has 0 spiro atoms. The molecule has 27 heavy (non-hydrogen) atoms. The lowest BCUT2D eigenvalue weighted by Crippen LogP contribution is -2.21. The molecule has 2 aromatic rings. The van der Waals surface area contributed by atoms with Crippen molar-refractivity contribution in [2.75, 3.05) is 19.0 Å². The number of rotatable bonds is 8. The Kier molecular flexibility index (Phi) is 6.92. The summed E-state index contributed by atoms with van der Waals surface area (Å²) in [5, 5.41) is 3.52. The number of hydrogen-bond acceptors (Lipinski definition) is 3. The van der Waals surface area contributed by atoms with E-state index < -0.39 is 0 Å². The minimum atomic E-state index is 0.657. The molecule has 0 saturated heterocycles. The molecule has 1 aromatic heterocycles. The van der Waals surface area contributed by atoms with Crippen LogP contribution in [-0.2, 0) is 19.4 Å². The van der Waals surface area contributed by atoms with Gasteiger partial charge < -0.3 is 10.2 Å². The monoisotopic (exact) mass is 363 g/mol. The van der Waals surface area contributed by atoms with E-state index >= 15 is 0 Å².